The van der Waals surface area contributed by atoms with Gasteiger partial charge in [-0.05, 0) is 50.3 Å². The molecule has 1 aromatic carbocycles. The zero-order valence-corrected chi connectivity index (χ0v) is 16.3. The molecule has 2 rings (SSSR count). The van der Waals surface area contributed by atoms with E-state index in [0.717, 1.165) is 17.8 Å². The summed E-state index contributed by atoms with van der Waals surface area (Å²) < 4.78 is 22.5. The molecule has 0 bridgehead atoms. The molecule has 0 aliphatic heterocycles. The van der Waals surface area contributed by atoms with Crippen LogP contribution in [-0.2, 0) is 16.4 Å². The summed E-state index contributed by atoms with van der Waals surface area (Å²) in [5.74, 6) is -0.209. The minimum atomic E-state index is -3.67. The van der Waals surface area contributed by atoms with Gasteiger partial charge in [-0.25, -0.2) is 13.6 Å². The first-order valence-corrected chi connectivity index (χ1v) is 10.0. The maximum absolute atomic E-state index is 12.1. The third-order valence-electron chi connectivity index (χ3n) is 3.83. The highest BCUT2D eigenvalue weighted by atomic mass is 32.2. The SMILES string of the molecule is CN(C)CCNC(=O)c1cc(NCCc2ccc(S(N)(=O)=O)cc2)ccn1. The van der Waals surface area contributed by atoms with Gasteiger partial charge < -0.3 is 15.5 Å². The first kappa shape index (κ1) is 20.8. The Morgan fingerprint density at radius 3 is 2.48 bits per heavy atom. The maximum Gasteiger partial charge on any atom is 0.269 e. The van der Waals surface area contributed by atoms with Crippen molar-refractivity contribution in [1.82, 2.24) is 15.2 Å². The summed E-state index contributed by atoms with van der Waals surface area (Å²) in [5.41, 5.74) is 2.13. The number of nitrogens with zero attached hydrogens (tertiary/aromatic N) is 2. The summed E-state index contributed by atoms with van der Waals surface area (Å²) in [6.45, 7) is 1.94. The molecule has 0 aliphatic rings. The summed E-state index contributed by atoms with van der Waals surface area (Å²) in [6.07, 6.45) is 2.28. The fraction of sp³-hybridized carbons (Fsp3) is 0.333. The van der Waals surface area contributed by atoms with Crippen LogP contribution >= 0.6 is 0 Å². The number of carbonyl (C=O) groups excluding carboxylic acids is 1. The van der Waals surface area contributed by atoms with Crippen LogP contribution in [0.15, 0.2) is 47.5 Å². The van der Waals surface area contributed by atoms with Gasteiger partial charge in [0.05, 0.1) is 4.90 Å². The average molecular weight is 391 g/mol. The second-order valence-corrected chi connectivity index (χ2v) is 7.92. The molecule has 0 saturated heterocycles. The van der Waals surface area contributed by atoms with E-state index < -0.39 is 10.0 Å². The number of amides is 1. The van der Waals surface area contributed by atoms with Crippen LogP contribution in [0.1, 0.15) is 16.1 Å². The molecule has 146 valence electrons. The molecule has 27 heavy (non-hydrogen) atoms. The van der Waals surface area contributed by atoms with E-state index in [2.05, 4.69) is 15.6 Å². The highest BCUT2D eigenvalue weighted by Crippen LogP contribution is 2.11. The summed E-state index contributed by atoms with van der Waals surface area (Å²) in [7, 11) is 0.213. The van der Waals surface area contributed by atoms with Crippen molar-refractivity contribution in [3.8, 4) is 0 Å². The Hall–Kier alpha value is -2.49. The monoisotopic (exact) mass is 391 g/mol. The number of nitrogens with two attached hydrogens (primary N) is 1. The molecule has 1 aromatic heterocycles. The van der Waals surface area contributed by atoms with Gasteiger partial charge in [-0.15, -0.1) is 0 Å². The minimum absolute atomic E-state index is 0.0956. The number of likely N-dealkylation sites (N-methyl/N-ethyl adjacent to an activating group) is 1. The Labute approximate surface area is 159 Å². The Kier molecular flexibility index (Phi) is 7.28. The van der Waals surface area contributed by atoms with Gasteiger partial charge in [0.1, 0.15) is 5.69 Å². The van der Waals surface area contributed by atoms with Crippen molar-refractivity contribution in [2.45, 2.75) is 11.3 Å². The van der Waals surface area contributed by atoms with Crippen molar-refractivity contribution in [2.75, 3.05) is 39.0 Å². The Bertz CT molecular complexity index is 867. The van der Waals surface area contributed by atoms with E-state index in [-0.39, 0.29) is 10.8 Å². The fourth-order valence-corrected chi connectivity index (χ4v) is 2.86. The van der Waals surface area contributed by atoms with E-state index in [4.69, 9.17) is 5.14 Å². The topological polar surface area (TPSA) is 117 Å². The molecule has 1 amide bonds. The molecular formula is C18H25N5O3S. The van der Waals surface area contributed by atoms with Crippen LogP contribution in [0.5, 0.6) is 0 Å². The molecule has 4 N–H and O–H groups in total. The predicted molar refractivity (Wildman–Crippen MR) is 105 cm³/mol. The standard InChI is InChI=1S/C18H25N5O3S/c1-23(2)12-11-22-18(24)17-13-15(8-10-21-17)20-9-7-14-3-5-16(6-4-14)27(19,25)26/h3-6,8,10,13H,7,9,11-12H2,1-2H3,(H,20,21)(H,22,24)(H2,19,25,26). The normalized spacial score (nSPS) is 11.4. The maximum atomic E-state index is 12.1. The van der Waals surface area contributed by atoms with E-state index in [1.807, 2.05) is 19.0 Å². The molecule has 0 fully saturated rings. The number of pyridine rings is 1. The van der Waals surface area contributed by atoms with Crippen LogP contribution in [0.4, 0.5) is 5.69 Å². The van der Waals surface area contributed by atoms with Crippen LogP contribution in [0.2, 0.25) is 0 Å². The molecule has 0 saturated carbocycles. The average Bonchev–Trinajstić information content (AvgIpc) is 2.61. The van der Waals surface area contributed by atoms with Crippen molar-refractivity contribution in [3.05, 3.63) is 53.9 Å². The summed E-state index contributed by atoms with van der Waals surface area (Å²) in [6, 6.07) is 9.95. The summed E-state index contributed by atoms with van der Waals surface area (Å²) in [4.78, 5) is 18.3. The highest BCUT2D eigenvalue weighted by Gasteiger charge is 2.08. The van der Waals surface area contributed by atoms with Crippen LogP contribution < -0.4 is 15.8 Å². The molecule has 8 nitrogen and oxygen atoms in total. The van der Waals surface area contributed by atoms with E-state index >= 15 is 0 Å². The third kappa shape index (κ3) is 6.97. The lowest BCUT2D eigenvalue weighted by atomic mass is 10.1. The smallest absolute Gasteiger partial charge is 0.269 e. The Morgan fingerprint density at radius 1 is 1.15 bits per heavy atom. The number of aromatic nitrogens is 1. The van der Waals surface area contributed by atoms with Gasteiger partial charge in [0, 0.05) is 31.5 Å². The molecule has 1 heterocycles. The molecule has 0 spiro atoms. The number of hydrogen-bond acceptors (Lipinski definition) is 6. The molecule has 0 aliphatic carbocycles. The van der Waals surface area contributed by atoms with E-state index in [1.165, 1.54) is 12.1 Å². The largest absolute Gasteiger partial charge is 0.385 e. The summed E-state index contributed by atoms with van der Waals surface area (Å²) in [5, 5.41) is 11.1. The van der Waals surface area contributed by atoms with Crippen LogP contribution in [0.3, 0.4) is 0 Å². The van der Waals surface area contributed by atoms with E-state index in [0.29, 0.717) is 25.2 Å². The first-order valence-electron chi connectivity index (χ1n) is 8.50. The summed E-state index contributed by atoms with van der Waals surface area (Å²) >= 11 is 0. The quantitative estimate of drug-likeness (QED) is 0.578. The predicted octanol–water partition coefficient (Wildman–Crippen LogP) is 0.675. The number of nitrogens with one attached hydrogen (secondary N) is 2. The van der Waals surface area contributed by atoms with Crippen molar-refractivity contribution >= 4 is 21.6 Å². The van der Waals surface area contributed by atoms with Gasteiger partial charge in [-0.1, -0.05) is 12.1 Å². The van der Waals surface area contributed by atoms with Gasteiger partial charge in [0.15, 0.2) is 0 Å². The number of benzene rings is 1. The molecule has 0 radical (unpaired) electrons. The lowest BCUT2D eigenvalue weighted by molar-refractivity contribution is 0.0946. The molecule has 0 unspecified atom stereocenters. The lowest BCUT2D eigenvalue weighted by Crippen LogP contribution is -2.31. The Balaban J connectivity index is 1.86. The highest BCUT2D eigenvalue weighted by molar-refractivity contribution is 7.89. The van der Waals surface area contributed by atoms with Crippen molar-refractivity contribution < 1.29 is 13.2 Å². The zero-order valence-electron chi connectivity index (χ0n) is 15.5. The molecule has 9 heteroatoms. The number of primary sulfonamides is 1. The van der Waals surface area contributed by atoms with Crippen LogP contribution in [0, 0.1) is 0 Å². The number of carbonyl (C=O) groups is 1. The molecule has 2 aromatic rings. The number of rotatable bonds is 9. The first-order chi connectivity index (χ1) is 12.8. The zero-order chi connectivity index (χ0) is 19.9. The fourth-order valence-electron chi connectivity index (χ4n) is 2.35. The van der Waals surface area contributed by atoms with Gasteiger partial charge >= 0.3 is 0 Å². The second-order valence-electron chi connectivity index (χ2n) is 6.35. The van der Waals surface area contributed by atoms with Crippen molar-refractivity contribution in [1.29, 1.82) is 0 Å². The molecule has 0 atom stereocenters. The van der Waals surface area contributed by atoms with E-state index in [9.17, 15) is 13.2 Å². The van der Waals surface area contributed by atoms with E-state index in [1.54, 1.807) is 30.5 Å². The Morgan fingerprint density at radius 2 is 1.85 bits per heavy atom. The van der Waals surface area contributed by atoms with Crippen molar-refractivity contribution in [3.63, 3.8) is 0 Å². The van der Waals surface area contributed by atoms with Gasteiger partial charge in [0.25, 0.3) is 5.91 Å². The van der Waals surface area contributed by atoms with Gasteiger partial charge in [0.2, 0.25) is 10.0 Å². The molecular weight excluding hydrogens is 366 g/mol. The van der Waals surface area contributed by atoms with Crippen LogP contribution in [-0.4, -0.2) is 57.9 Å². The lowest BCUT2D eigenvalue weighted by Gasteiger charge is -2.11. The number of hydrogen-bond donors (Lipinski definition) is 3. The number of sulfonamides is 1. The van der Waals surface area contributed by atoms with Crippen LogP contribution in [0.25, 0.3) is 0 Å². The van der Waals surface area contributed by atoms with Crippen molar-refractivity contribution in [2.24, 2.45) is 5.14 Å². The third-order valence-corrected chi connectivity index (χ3v) is 4.76. The second kappa shape index (κ2) is 9.45. The van der Waals surface area contributed by atoms with Gasteiger partial charge in [-0.3, -0.25) is 9.78 Å². The van der Waals surface area contributed by atoms with Gasteiger partial charge in [-0.2, -0.15) is 0 Å². The number of anilines is 1. The minimum Gasteiger partial charge on any atom is -0.385 e.